The Balaban J connectivity index is 1.94. The molecule has 19 heavy (non-hydrogen) atoms. The molecule has 106 valence electrons. The van der Waals surface area contributed by atoms with Crippen LogP contribution in [0.3, 0.4) is 0 Å². The Hall–Kier alpha value is -0.610. The molecule has 1 saturated carbocycles. The monoisotopic (exact) mass is 282 g/mol. The smallest absolute Gasteiger partial charge is 0.0558 e. The molecule has 4 heteroatoms. The van der Waals surface area contributed by atoms with Gasteiger partial charge in [0, 0.05) is 29.7 Å². The maximum atomic E-state index is 8.93. The van der Waals surface area contributed by atoms with Crippen molar-refractivity contribution < 1.29 is 5.11 Å². The predicted molar refractivity (Wildman–Crippen MR) is 79.5 cm³/mol. The molecule has 2 rings (SSSR count). The Kier molecular flexibility index (Phi) is 4.85. The van der Waals surface area contributed by atoms with Gasteiger partial charge in [-0.1, -0.05) is 23.7 Å². The van der Waals surface area contributed by atoms with Crippen molar-refractivity contribution in [1.82, 2.24) is 10.2 Å². The number of aliphatic hydroxyl groups is 1. The van der Waals surface area contributed by atoms with Crippen LogP contribution in [0, 0.1) is 0 Å². The van der Waals surface area contributed by atoms with Crippen molar-refractivity contribution in [2.45, 2.75) is 31.3 Å². The lowest BCUT2D eigenvalue weighted by atomic mass is 10.0. The van der Waals surface area contributed by atoms with Crippen molar-refractivity contribution in [3.63, 3.8) is 0 Å². The minimum atomic E-state index is 0.115. The van der Waals surface area contributed by atoms with Crippen LogP contribution in [0.25, 0.3) is 0 Å². The first-order valence-corrected chi connectivity index (χ1v) is 7.27. The molecule has 1 unspecified atom stereocenters. The fraction of sp³-hybridized carbons (Fsp3) is 0.600. The molecule has 0 aromatic heterocycles. The fourth-order valence-electron chi connectivity index (χ4n) is 2.67. The second-order valence-electron chi connectivity index (χ2n) is 5.62. The first-order valence-electron chi connectivity index (χ1n) is 6.89. The summed E-state index contributed by atoms with van der Waals surface area (Å²) in [6, 6.07) is 8.53. The first-order chi connectivity index (χ1) is 9.05. The van der Waals surface area contributed by atoms with Crippen LogP contribution in [0.1, 0.15) is 25.3 Å². The van der Waals surface area contributed by atoms with E-state index in [4.69, 9.17) is 16.7 Å². The molecule has 1 fully saturated rings. The third kappa shape index (κ3) is 3.93. The van der Waals surface area contributed by atoms with Gasteiger partial charge in [0.2, 0.25) is 0 Å². The van der Waals surface area contributed by atoms with Gasteiger partial charge in [-0.2, -0.15) is 0 Å². The minimum Gasteiger partial charge on any atom is -0.395 e. The number of hydrogen-bond donors (Lipinski definition) is 2. The molecule has 0 amide bonds. The molecule has 0 bridgehead atoms. The molecule has 0 radical (unpaired) electrons. The van der Waals surface area contributed by atoms with Crippen molar-refractivity contribution in [2.24, 2.45) is 0 Å². The standard InChI is InChI=1S/C15H23ClN2O/c1-12(11-18(2)8-9-19)17-15(6-7-15)13-4-3-5-14(16)10-13/h3-5,10,12,17,19H,6-9,11H2,1-2H3. The average molecular weight is 283 g/mol. The van der Waals surface area contributed by atoms with E-state index in [0.29, 0.717) is 6.04 Å². The van der Waals surface area contributed by atoms with Crippen molar-refractivity contribution in [3.05, 3.63) is 34.9 Å². The van der Waals surface area contributed by atoms with Crippen molar-refractivity contribution >= 4 is 11.6 Å². The number of hydrogen-bond acceptors (Lipinski definition) is 3. The molecule has 0 saturated heterocycles. The third-order valence-electron chi connectivity index (χ3n) is 3.72. The molecule has 1 aliphatic rings. The minimum absolute atomic E-state index is 0.115. The summed E-state index contributed by atoms with van der Waals surface area (Å²) in [6.07, 6.45) is 2.34. The SMILES string of the molecule is CC(CN(C)CCO)NC1(c2cccc(Cl)c2)CC1. The normalized spacial score (nSPS) is 18.6. The van der Waals surface area contributed by atoms with Crippen LogP contribution in [0.2, 0.25) is 5.02 Å². The largest absolute Gasteiger partial charge is 0.395 e. The van der Waals surface area contributed by atoms with Crippen molar-refractivity contribution in [1.29, 1.82) is 0 Å². The van der Waals surface area contributed by atoms with Crippen LogP contribution in [-0.4, -0.2) is 42.8 Å². The molecule has 3 nitrogen and oxygen atoms in total. The van der Waals surface area contributed by atoms with Crippen LogP contribution < -0.4 is 5.32 Å². The van der Waals surface area contributed by atoms with Gasteiger partial charge in [-0.25, -0.2) is 0 Å². The highest BCUT2D eigenvalue weighted by Gasteiger charge is 2.44. The molecular weight excluding hydrogens is 260 g/mol. The number of nitrogens with one attached hydrogen (secondary N) is 1. The van der Waals surface area contributed by atoms with E-state index in [9.17, 15) is 0 Å². The Bertz CT molecular complexity index is 420. The lowest BCUT2D eigenvalue weighted by Gasteiger charge is -2.27. The first kappa shape index (κ1) is 14.8. The van der Waals surface area contributed by atoms with Gasteiger partial charge in [-0.05, 0) is 44.5 Å². The van der Waals surface area contributed by atoms with E-state index < -0.39 is 0 Å². The molecule has 0 spiro atoms. The summed E-state index contributed by atoms with van der Waals surface area (Å²) < 4.78 is 0. The topological polar surface area (TPSA) is 35.5 Å². The molecule has 1 aromatic carbocycles. The van der Waals surface area contributed by atoms with Gasteiger partial charge < -0.3 is 15.3 Å². The van der Waals surface area contributed by atoms with Crippen LogP contribution in [0.5, 0.6) is 0 Å². The van der Waals surface area contributed by atoms with E-state index in [0.717, 1.165) is 18.1 Å². The zero-order chi connectivity index (χ0) is 13.9. The molecule has 1 aliphatic carbocycles. The van der Waals surface area contributed by atoms with Gasteiger partial charge in [-0.15, -0.1) is 0 Å². The predicted octanol–water partition coefficient (Wildman–Crippen LogP) is 2.23. The second kappa shape index (κ2) is 6.23. The van der Waals surface area contributed by atoms with Crippen molar-refractivity contribution in [3.8, 4) is 0 Å². The number of benzene rings is 1. The van der Waals surface area contributed by atoms with Gasteiger partial charge in [0.25, 0.3) is 0 Å². The maximum absolute atomic E-state index is 8.93. The number of halogens is 1. The molecule has 0 heterocycles. The van der Waals surface area contributed by atoms with Gasteiger partial charge in [-0.3, -0.25) is 0 Å². The highest BCUT2D eigenvalue weighted by atomic mass is 35.5. The summed E-state index contributed by atoms with van der Waals surface area (Å²) in [5.74, 6) is 0. The number of likely N-dealkylation sites (N-methyl/N-ethyl adjacent to an activating group) is 1. The summed E-state index contributed by atoms with van der Waals surface area (Å²) in [6.45, 7) is 4.06. The summed E-state index contributed by atoms with van der Waals surface area (Å²) >= 11 is 6.08. The summed E-state index contributed by atoms with van der Waals surface area (Å²) in [5.41, 5.74) is 1.40. The lowest BCUT2D eigenvalue weighted by Crippen LogP contribution is -2.43. The van der Waals surface area contributed by atoms with Crippen LogP contribution in [0.4, 0.5) is 0 Å². The van der Waals surface area contributed by atoms with Crippen LogP contribution in [0.15, 0.2) is 24.3 Å². The summed E-state index contributed by atoms with van der Waals surface area (Å²) in [5, 5.41) is 13.4. The van der Waals surface area contributed by atoms with E-state index in [-0.39, 0.29) is 12.1 Å². The Labute approximate surface area is 120 Å². The van der Waals surface area contributed by atoms with Gasteiger partial charge >= 0.3 is 0 Å². The highest BCUT2D eigenvalue weighted by molar-refractivity contribution is 6.30. The van der Waals surface area contributed by atoms with E-state index in [1.165, 1.54) is 18.4 Å². The molecule has 0 aliphatic heterocycles. The number of nitrogens with zero attached hydrogens (tertiary/aromatic N) is 1. The zero-order valence-electron chi connectivity index (χ0n) is 11.7. The maximum Gasteiger partial charge on any atom is 0.0558 e. The fourth-order valence-corrected chi connectivity index (χ4v) is 2.86. The average Bonchev–Trinajstić information content (AvgIpc) is 3.10. The van der Waals surface area contributed by atoms with E-state index in [2.05, 4.69) is 29.3 Å². The van der Waals surface area contributed by atoms with E-state index >= 15 is 0 Å². The van der Waals surface area contributed by atoms with Gasteiger partial charge in [0.15, 0.2) is 0 Å². The molecule has 2 N–H and O–H groups in total. The van der Waals surface area contributed by atoms with E-state index in [1.54, 1.807) is 0 Å². The van der Waals surface area contributed by atoms with Crippen LogP contribution >= 0.6 is 11.6 Å². The summed E-state index contributed by atoms with van der Waals surface area (Å²) in [7, 11) is 2.04. The molecular formula is C15H23ClN2O. The molecule has 1 atom stereocenters. The van der Waals surface area contributed by atoms with E-state index in [1.807, 2.05) is 19.2 Å². The quantitative estimate of drug-likeness (QED) is 0.805. The van der Waals surface area contributed by atoms with Crippen molar-refractivity contribution in [2.75, 3.05) is 26.7 Å². The number of rotatable bonds is 7. The third-order valence-corrected chi connectivity index (χ3v) is 3.95. The van der Waals surface area contributed by atoms with Crippen LogP contribution in [-0.2, 0) is 5.54 Å². The Morgan fingerprint density at radius 2 is 2.21 bits per heavy atom. The Morgan fingerprint density at radius 1 is 1.47 bits per heavy atom. The van der Waals surface area contributed by atoms with Gasteiger partial charge in [0.1, 0.15) is 0 Å². The number of aliphatic hydroxyl groups excluding tert-OH is 1. The zero-order valence-corrected chi connectivity index (χ0v) is 12.5. The lowest BCUT2D eigenvalue weighted by molar-refractivity contribution is 0.206. The second-order valence-corrected chi connectivity index (χ2v) is 6.06. The summed E-state index contributed by atoms with van der Waals surface area (Å²) in [4.78, 5) is 2.14. The Morgan fingerprint density at radius 3 is 2.79 bits per heavy atom. The molecule has 1 aromatic rings. The highest BCUT2D eigenvalue weighted by Crippen LogP contribution is 2.46. The van der Waals surface area contributed by atoms with Gasteiger partial charge in [0.05, 0.1) is 6.61 Å².